The number of benzene rings is 3. The van der Waals surface area contributed by atoms with Crippen LogP contribution in [0.1, 0.15) is 0 Å². The van der Waals surface area contributed by atoms with Crippen LogP contribution in [0.4, 0.5) is 0 Å². The van der Waals surface area contributed by atoms with Gasteiger partial charge in [-0.3, -0.25) is 0 Å². The minimum absolute atomic E-state index is 0. The van der Waals surface area contributed by atoms with Crippen LogP contribution in [0.15, 0.2) is 91.0 Å². The predicted octanol–water partition coefficient (Wildman–Crippen LogP) is 1.82. The van der Waals surface area contributed by atoms with Crippen LogP contribution < -0.4 is 21.5 Å². The molecule has 126 valence electrons. The zero-order valence-electron chi connectivity index (χ0n) is 13.3. The number of aromatic amines is 1. The summed E-state index contributed by atoms with van der Waals surface area (Å²) in [4.78, 5) is 0. The molecular weight excluding hydrogens is 422 g/mol. The van der Waals surface area contributed by atoms with Crippen molar-refractivity contribution in [3.05, 3.63) is 91.0 Å². The van der Waals surface area contributed by atoms with Gasteiger partial charge in [-0.1, -0.05) is 64.8 Å². The third-order valence-corrected chi connectivity index (χ3v) is 8.07. The van der Waals surface area contributed by atoms with E-state index in [4.69, 9.17) is 0 Å². The first-order valence-electron chi connectivity index (χ1n) is 7.72. The SMILES string of the molecule is [Pd].c1ccc([P+](c2ccccc2)(c2ccccc2)c2nn[nH]n2)cc1. The number of H-pyrrole nitrogens is 1. The molecule has 1 aromatic heterocycles. The summed E-state index contributed by atoms with van der Waals surface area (Å²) < 4.78 is 0. The Morgan fingerprint density at radius 1 is 0.600 bits per heavy atom. The van der Waals surface area contributed by atoms with Crippen LogP contribution in [0.3, 0.4) is 0 Å². The van der Waals surface area contributed by atoms with Gasteiger partial charge in [-0.2, -0.15) is 5.21 Å². The van der Waals surface area contributed by atoms with Crippen molar-refractivity contribution in [2.45, 2.75) is 0 Å². The normalized spacial score (nSPS) is 10.9. The van der Waals surface area contributed by atoms with E-state index >= 15 is 0 Å². The number of hydrogen-bond acceptors (Lipinski definition) is 3. The molecule has 0 saturated carbocycles. The summed E-state index contributed by atoms with van der Waals surface area (Å²) >= 11 is 0. The van der Waals surface area contributed by atoms with E-state index in [0.717, 1.165) is 5.57 Å². The molecule has 0 amide bonds. The van der Waals surface area contributed by atoms with E-state index in [1.165, 1.54) is 15.9 Å². The van der Waals surface area contributed by atoms with Crippen molar-refractivity contribution < 1.29 is 20.4 Å². The molecule has 4 rings (SSSR count). The maximum atomic E-state index is 4.42. The number of hydrogen-bond donors (Lipinski definition) is 1. The number of tetrazole rings is 1. The molecule has 0 atom stereocenters. The maximum absolute atomic E-state index is 4.42. The smallest absolute Gasteiger partial charge is 0.174 e. The second kappa shape index (κ2) is 7.80. The van der Waals surface area contributed by atoms with Crippen LogP contribution in [0.5, 0.6) is 0 Å². The zero-order valence-corrected chi connectivity index (χ0v) is 15.7. The van der Waals surface area contributed by atoms with Gasteiger partial charge < -0.3 is 0 Å². The largest absolute Gasteiger partial charge is 0.330 e. The average Bonchev–Trinajstić information content (AvgIpc) is 3.20. The molecule has 0 aliphatic carbocycles. The second-order valence-electron chi connectivity index (χ2n) is 5.39. The van der Waals surface area contributed by atoms with Crippen LogP contribution >= 0.6 is 7.26 Å². The van der Waals surface area contributed by atoms with Gasteiger partial charge in [0.2, 0.25) is 0 Å². The first-order chi connectivity index (χ1) is 11.9. The van der Waals surface area contributed by atoms with Crippen LogP contribution in [0, 0.1) is 0 Å². The second-order valence-corrected chi connectivity index (χ2v) is 8.68. The Morgan fingerprint density at radius 3 is 1.32 bits per heavy atom. The molecule has 1 N–H and O–H groups in total. The van der Waals surface area contributed by atoms with E-state index < -0.39 is 7.26 Å². The van der Waals surface area contributed by atoms with E-state index in [0.29, 0.717) is 0 Å². The van der Waals surface area contributed by atoms with Crippen molar-refractivity contribution in [2.24, 2.45) is 0 Å². The number of rotatable bonds is 4. The fourth-order valence-corrected chi connectivity index (χ4v) is 6.87. The Labute approximate surface area is 160 Å². The van der Waals surface area contributed by atoms with Crippen LogP contribution in [0.2, 0.25) is 0 Å². The molecule has 4 nitrogen and oxygen atoms in total. The zero-order chi connectivity index (χ0) is 16.2. The fraction of sp³-hybridized carbons (Fsp3) is 0. The Morgan fingerprint density at radius 2 is 1.00 bits per heavy atom. The van der Waals surface area contributed by atoms with Crippen molar-refractivity contribution in [1.82, 2.24) is 20.6 Å². The van der Waals surface area contributed by atoms with E-state index in [1.807, 2.05) is 18.2 Å². The van der Waals surface area contributed by atoms with Gasteiger partial charge in [0.25, 0.3) is 0 Å². The standard InChI is InChI=1S/C19H16N4P.Pd/c1-4-10-16(11-5-1)24(19-20-22-23-21-19,17-12-6-2-7-13-17)18-14-8-3-9-15-18;/h1-15H,(H,20,21,22,23);/q+1;. The summed E-state index contributed by atoms with van der Waals surface area (Å²) in [5.74, 6) is 0. The first kappa shape index (κ1) is 17.6. The van der Waals surface area contributed by atoms with E-state index in [1.54, 1.807) is 0 Å². The van der Waals surface area contributed by atoms with Crippen molar-refractivity contribution >= 4 is 28.7 Å². The number of nitrogens with one attached hydrogen (secondary N) is 1. The Bertz CT molecular complexity index is 803. The molecule has 0 radical (unpaired) electrons. The van der Waals surface area contributed by atoms with E-state index in [-0.39, 0.29) is 20.4 Å². The van der Waals surface area contributed by atoms with Gasteiger partial charge in [-0.05, 0) is 41.6 Å². The summed E-state index contributed by atoms with van der Waals surface area (Å²) in [5.41, 5.74) is 0.742. The Hall–Kier alpha value is -2.18. The van der Waals surface area contributed by atoms with Gasteiger partial charge in [0.05, 0.1) is 0 Å². The molecule has 1 heterocycles. The average molecular weight is 438 g/mol. The van der Waals surface area contributed by atoms with Crippen LogP contribution in [0.25, 0.3) is 0 Å². The minimum atomic E-state index is -2.17. The Balaban J connectivity index is 0.00000182. The molecule has 25 heavy (non-hydrogen) atoms. The number of nitrogens with zero attached hydrogens (tertiary/aromatic N) is 3. The summed E-state index contributed by atoms with van der Waals surface area (Å²) in [5, 5.41) is 19.0. The molecule has 0 bridgehead atoms. The third-order valence-electron chi connectivity index (χ3n) is 4.06. The van der Waals surface area contributed by atoms with Crippen molar-refractivity contribution in [2.75, 3.05) is 0 Å². The Kier molecular flexibility index (Phi) is 5.51. The number of aromatic nitrogens is 4. The summed E-state index contributed by atoms with van der Waals surface area (Å²) in [6, 6.07) is 31.4. The third kappa shape index (κ3) is 3.07. The monoisotopic (exact) mass is 437 g/mol. The quantitative estimate of drug-likeness (QED) is 0.391. The van der Waals surface area contributed by atoms with E-state index in [2.05, 4.69) is 93.4 Å². The van der Waals surface area contributed by atoms with E-state index in [9.17, 15) is 0 Å². The van der Waals surface area contributed by atoms with Crippen molar-refractivity contribution in [3.8, 4) is 0 Å². The first-order valence-corrected chi connectivity index (χ1v) is 9.51. The molecule has 0 spiro atoms. The summed E-state index contributed by atoms with van der Waals surface area (Å²) in [6.07, 6.45) is 0. The molecule has 6 heteroatoms. The molecule has 0 fully saturated rings. The van der Waals surface area contributed by atoms with Crippen LogP contribution in [-0.4, -0.2) is 20.6 Å². The molecule has 3 aromatic carbocycles. The van der Waals surface area contributed by atoms with Gasteiger partial charge in [-0.25, -0.2) is 0 Å². The van der Waals surface area contributed by atoms with Crippen molar-refractivity contribution in [3.63, 3.8) is 0 Å². The maximum Gasteiger partial charge on any atom is 0.330 e. The molecule has 0 aliphatic heterocycles. The minimum Gasteiger partial charge on any atom is -0.174 e. The van der Waals surface area contributed by atoms with Gasteiger partial charge in [0.15, 0.2) is 7.26 Å². The fourth-order valence-electron chi connectivity index (χ4n) is 3.05. The molecular formula is C19H16N4PPd+. The molecule has 0 saturated heterocycles. The molecule has 0 unspecified atom stereocenters. The van der Waals surface area contributed by atoms with Gasteiger partial charge >= 0.3 is 5.57 Å². The molecule has 0 aliphatic rings. The summed E-state index contributed by atoms with van der Waals surface area (Å²) in [6.45, 7) is 0. The van der Waals surface area contributed by atoms with Crippen LogP contribution in [-0.2, 0) is 20.4 Å². The topological polar surface area (TPSA) is 54.5 Å². The van der Waals surface area contributed by atoms with Gasteiger partial charge in [-0.15, -0.1) is 0 Å². The summed E-state index contributed by atoms with van der Waals surface area (Å²) in [7, 11) is -2.17. The van der Waals surface area contributed by atoms with Gasteiger partial charge in [0.1, 0.15) is 15.9 Å². The predicted molar refractivity (Wildman–Crippen MR) is 99.0 cm³/mol. The van der Waals surface area contributed by atoms with Crippen molar-refractivity contribution in [1.29, 1.82) is 0 Å². The van der Waals surface area contributed by atoms with Gasteiger partial charge in [0, 0.05) is 20.4 Å². The molecule has 4 aromatic rings.